The molecule has 26 heavy (non-hydrogen) atoms. The predicted molar refractivity (Wildman–Crippen MR) is 98.9 cm³/mol. The number of halogens is 3. The second-order valence-corrected chi connectivity index (χ2v) is 5.99. The van der Waals surface area contributed by atoms with Gasteiger partial charge in [0.05, 0.1) is 21.8 Å². The van der Waals surface area contributed by atoms with Crippen LogP contribution >= 0.6 is 34.8 Å². The largest absolute Gasteiger partial charge is 0.329 e. The van der Waals surface area contributed by atoms with Gasteiger partial charge < -0.3 is 5.32 Å². The van der Waals surface area contributed by atoms with Gasteiger partial charge in [0.2, 0.25) is 0 Å². The van der Waals surface area contributed by atoms with Gasteiger partial charge in [0.1, 0.15) is 0 Å². The molecule has 0 aliphatic rings. The van der Waals surface area contributed by atoms with Gasteiger partial charge in [-0.15, -0.1) is 0 Å². The van der Waals surface area contributed by atoms with Gasteiger partial charge in [0.25, 0.3) is 5.69 Å². The summed E-state index contributed by atoms with van der Waals surface area (Å²) in [5.74, 6) is -2.12. The third-order valence-electron chi connectivity index (χ3n) is 2.94. The van der Waals surface area contributed by atoms with Crippen molar-refractivity contribution in [2.45, 2.75) is 0 Å². The first-order chi connectivity index (χ1) is 12.3. The Morgan fingerprint density at radius 3 is 2.42 bits per heavy atom. The van der Waals surface area contributed by atoms with E-state index in [2.05, 4.69) is 10.4 Å². The van der Waals surface area contributed by atoms with Gasteiger partial charge in [-0.05, 0) is 24.3 Å². The van der Waals surface area contributed by atoms with Crippen LogP contribution < -0.4 is 10.7 Å². The molecule has 0 aromatic heterocycles. The number of rotatable bonds is 4. The Morgan fingerprint density at radius 1 is 1.04 bits per heavy atom. The van der Waals surface area contributed by atoms with Crippen LogP contribution in [-0.2, 0) is 9.59 Å². The molecule has 0 fully saturated rings. The lowest BCUT2D eigenvalue weighted by atomic mass is 10.2. The van der Waals surface area contributed by atoms with E-state index in [1.165, 1.54) is 36.4 Å². The maximum absolute atomic E-state index is 11.8. The summed E-state index contributed by atoms with van der Waals surface area (Å²) in [4.78, 5) is 33.7. The van der Waals surface area contributed by atoms with Crippen LogP contribution in [0.15, 0.2) is 41.5 Å². The normalized spacial score (nSPS) is 10.6. The molecule has 0 atom stereocenters. The molecule has 0 spiro atoms. The quantitative estimate of drug-likeness (QED) is 0.343. The summed E-state index contributed by atoms with van der Waals surface area (Å²) in [5.41, 5.74) is 2.13. The van der Waals surface area contributed by atoms with E-state index in [1.54, 1.807) is 0 Å². The Hall–Kier alpha value is -2.68. The first-order valence-electron chi connectivity index (χ1n) is 6.81. The third kappa shape index (κ3) is 5.16. The number of hydrogen-bond donors (Lipinski definition) is 2. The Morgan fingerprint density at radius 2 is 1.73 bits per heavy atom. The van der Waals surface area contributed by atoms with Gasteiger partial charge in [0.15, 0.2) is 0 Å². The SMILES string of the molecule is O=C(N/N=C/c1cc([N+](=O)[O-])ccc1Cl)C(=O)Nc1cc(Cl)ccc1Cl. The first-order valence-corrected chi connectivity index (χ1v) is 7.94. The highest BCUT2D eigenvalue weighted by Gasteiger charge is 2.15. The average molecular weight is 416 g/mol. The fourth-order valence-corrected chi connectivity index (χ4v) is 2.23. The van der Waals surface area contributed by atoms with Gasteiger partial charge in [-0.1, -0.05) is 34.8 Å². The molecule has 2 amide bonds. The van der Waals surface area contributed by atoms with Crippen molar-refractivity contribution in [2.75, 3.05) is 5.32 Å². The lowest BCUT2D eigenvalue weighted by Gasteiger charge is -2.06. The number of amides is 2. The van der Waals surface area contributed by atoms with E-state index in [4.69, 9.17) is 34.8 Å². The first kappa shape index (κ1) is 19.6. The number of non-ortho nitro benzene ring substituents is 1. The fraction of sp³-hybridized carbons (Fsp3) is 0. The number of anilines is 1. The molecule has 8 nitrogen and oxygen atoms in total. The number of carbonyl (C=O) groups is 2. The summed E-state index contributed by atoms with van der Waals surface area (Å²) >= 11 is 17.6. The van der Waals surface area contributed by atoms with E-state index in [9.17, 15) is 19.7 Å². The van der Waals surface area contributed by atoms with Crippen LogP contribution in [0.2, 0.25) is 15.1 Å². The Labute approximate surface area is 161 Å². The molecule has 2 N–H and O–H groups in total. The van der Waals surface area contributed by atoms with Crippen LogP contribution in [0.1, 0.15) is 5.56 Å². The molecule has 0 unspecified atom stereocenters. The maximum Gasteiger partial charge on any atom is 0.329 e. The van der Waals surface area contributed by atoms with Crippen molar-refractivity contribution in [3.63, 3.8) is 0 Å². The highest BCUT2D eigenvalue weighted by molar-refractivity contribution is 6.42. The number of hydrazone groups is 1. The van der Waals surface area contributed by atoms with E-state index in [0.29, 0.717) is 5.02 Å². The molecule has 0 heterocycles. The number of nitro benzene ring substituents is 1. The minimum Gasteiger partial charge on any atom is -0.316 e. The molecule has 2 aromatic carbocycles. The van der Waals surface area contributed by atoms with Gasteiger partial charge in [-0.3, -0.25) is 19.7 Å². The van der Waals surface area contributed by atoms with Gasteiger partial charge in [0, 0.05) is 27.7 Å². The molecule has 0 saturated carbocycles. The number of carbonyl (C=O) groups excluding carboxylic acids is 2. The van der Waals surface area contributed by atoms with Gasteiger partial charge >= 0.3 is 11.8 Å². The van der Waals surface area contributed by atoms with Crippen molar-refractivity contribution in [2.24, 2.45) is 5.10 Å². The second-order valence-electron chi connectivity index (χ2n) is 4.74. The van der Waals surface area contributed by atoms with E-state index in [0.717, 1.165) is 6.21 Å². The lowest BCUT2D eigenvalue weighted by molar-refractivity contribution is -0.384. The molecular formula is C15H9Cl3N4O4. The zero-order valence-electron chi connectivity index (χ0n) is 12.7. The fourth-order valence-electron chi connectivity index (χ4n) is 1.73. The summed E-state index contributed by atoms with van der Waals surface area (Å²) in [7, 11) is 0. The molecule has 0 radical (unpaired) electrons. The Bertz CT molecular complexity index is 918. The topological polar surface area (TPSA) is 114 Å². The van der Waals surface area contributed by atoms with Crippen molar-refractivity contribution >= 4 is 64.2 Å². The van der Waals surface area contributed by atoms with Crippen molar-refractivity contribution in [3.05, 3.63) is 67.1 Å². The van der Waals surface area contributed by atoms with Crippen molar-refractivity contribution < 1.29 is 14.5 Å². The number of nitrogens with zero attached hydrogens (tertiary/aromatic N) is 2. The molecule has 0 saturated heterocycles. The van der Waals surface area contributed by atoms with E-state index in [1.807, 2.05) is 5.43 Å². The molecule has 0 aliphatic carbocycles. The average Bonchev–Trinajstić information content (AvgIpc) is 2.59. The number of hydrogen-bond acceptors (Lipinski definition) is 5. The van der Waals surface area contributed by atoms with E-state index in [-0.39, 0.29) is 27.0 Å². The zero-order valence-corrected chi connectivity index (χ0v) is 15.0. The second kappa shape index (κ2) is 8.61. The van der Waals surface area contributed by atoms with Crippen LogP contribution in [0.3, 0.4) is 0 Å². The molecule has 2 rings (SSSR count). The van der Waals surface area contributed by atoms with Crippen molar-refractivity contribution in [1.29, 1.82) is 0 Å². The summed E-state index contributed by atoms with van der Waals surface area (Å²) in [6.07, 6.45) is 1.08. The summed E-state index contributed by atoms with van der Waals surface area (Å²) in [6.45, 7) is 0. The van der Waals surface area contributed by atoms with E-state index < -0.39 is 16.7 Å². The van der Waals surface area contributed by atoms with Crippen molar-refractivity contribution in [3.8, 4) is 0 Å². The number of benzene rings is 2. The Balaban J connectivity index is 2.03. The predicted octanol–water partition coefficient (Wildman–Crippen LogP) is 3.64. The van der Waals surface area contributed by atoms with Crippen LogP contribution in [0.4, 0.5) is 11.4 Å². The summed E-state index contributed by atoms with van der Waals surface area (Å²) < 4.78 is 0. The zero-order chi connectivity index (χ0) is 19.3. The van der Waals surface area contributed by atoms with E-state index >= 15 is 0 Å². The minimum absolute atomic E-state index is 0.157. The summed E-state index contributed by atoms with van der Waals surface area (Å²) in [5, 5.41) is 17.3. The molecule has 11 heteroatoms. The highest BCUT2D eigenvalue weighted by Crippen LogP contribution is 2.25. The minimum atomic E-state index is -1.08. The van der Waals surface area contributed by atoms with Crippen LogP contribution in [0.25, 0.3) is 0 Å². The molecule has 0 aliphatic heterocycles. The highest BCUT2D eigenvalue weighted by atomic mass is 35.5. The maximum atomic E-state index is 11.8. The standard InChI is InChI=1S/C15H9Cl3N4O4/c16-9-1-3-12(18)13(6-9)20-14(23)15(24)21-19-7-8-5-10(22(25)26)2-4-11(8)17/h1-7H,(H,20,23)(H,21,24)/b19-7+. The Kier molecular flexibility index (Phi) is 6.51. The molecule has 0 bridgehead atoms. The van der Waals surface area contributed by atoms with Gasteiger partial charge in [-0.2, -0.15) is 5.10 Å². The number of nitrogens with one attached hydrogen (secondary N) is 2. The van der Waals surface area contributed by atoms with Crippen LogP contribution in [0, 0.1) is 10.1 Å². The number of nitro groups is 1. The van der Waals surface area contributed by atoms with Crippen LogP contribution in [-0.4, -0.2) is 23.0 Å². The molecule has 134 valence electrons. The monoisotopic (exact) mass is 414 g/mol. The lowest BCUT2D eigenvalue weighted by Crippen LogP contribution is -2.32. The third-order valence-corrected chi connectivity index (χ3v) is 3.85. The molecular weight excluding hydrogens is 407 g/mol. The summed E-state index contributed by atoms with van der Waals surface area (Å²) in [6, 6.07) is 8.06. The van der Waals surface area contributed by atoms with Crippen molar-refractivity contribution in [1.82, 2.24) is 5.43 Å². The molecule has 2 aromatic rings. The van der Waals surface area contributed by atoms with Crippen LogP contribution in [0.5, 0.6) is 0 Å². The smallest absolute Gasteiger partial charge is 0.316 e. The van der Waals surface area contributed by atoms with Gasteiger partial charge in [-0.25, -0.2) is 5.43 Å².